The van der Waals surface area contributed by atoms with Gasteiger partial charge >= 0.3 is 0 Å². The minimum atomic E-state index is -0.0368. The highest BCUT2D eigenvalue weighted by molar-refractivity contribution is 8.26. The first-order chi connectivity index (χ1) is 12.6. The molecular weight excluding hydrogens is 366 g/mol. The Morgan fingerprint density at radius 3 is 2.65 bits per heavy atom. The number of carbonyl (C=O) groups excluding carboxylic acids is 1. The summed E-state index contributed by atoms with van der Waals surface area (Å²) in [6, 6.07) is 15.4. The van der Waals surface area contributed by atoms with Crippen LogP contribution in [0.4, 0.5) is 0 Å². The summed E-state index contributed by atoms with van der Waals surface area (Å²) in [6.07, 6.45) is 1.85. The molecule has 1 amide bonds. The van der Waals surface area contributed by atoms with E-state index in [1.165, 1.54) is 11.8 Å². The molecule has 4 nitrogen and oxygen atoms in total. The van der Waals surface area contributed by atoms with Gasteiger partial charge in [-0.25, -0.2) is 0 Å². The van der Waals surface area contributed by atoms with Gasteiger partial charge in [0.25, 0.3) is 5.91 Å². The van der Waals surface area contributed by atoms with Gasteiger partial charge in [0.15, 0.2) is 0 Å². The number of rotatable bonds is 6. The van der Waals surface area contributed by atoms with Crippen LogP contribution < -0.4 is 9.47 Å². The number of ether oxygens (including phenoxy) is 2. The smallest absolute Gasteiger partial charge is 0.266 e. The number of thioether (sulfide) groups is 1. The SMILES string of the molecule is CCN1C(=O)C(=Cc2cccc(OCc3cccc(OC)c3)c2)SC1=S. The van der Waals surface area contributed by atoms with Crippen LogP contribution in [0.3, 0.4) is 0 Å². The number of benzene rings is 2. The van der Waals surface area contributed by atoms with Crippen molar-refractivity contribution in [2.75, 3.05) is 13.7 Å². The van der Waals surface area contributed by atoms with Crippen molar-refractivity contribution in [1.82, 2.24) is 4.90 Å². The molecule has 134 valence electrons. The van der Waals surface area contributed by atoms with E-state index in [-0.39, 0.29) is 5.91 Å². The van der Waals surface area contributed by atoms with Crippen molar-refractivity contribution in [2.24, 2.45) is 0 Å². The molecular formula is C20H19NO3S2. The third kappa shape index (κ3) is 4.26. The van der Waals surface area contributed by atoms with Crippen molar-refractivity contribution < 1.29 is 14.3 Å². The van der Waals surface area contributed by atoms with Crippen LogP contribution in [0.15, 0.2) is 53.4 Å². The number of methoxy groups -OCH3 is 1. The van der Waals surface area contributed by atoms with Gasteiger partial charge in [-0.2, -0.15) is 0 Å². The number of likely N-dealkylation sites (N-methyl/N-ethyl adjacent to an activating group) is 1. The standard InChI is InChI=1S/C20H19NO3S2/c1-3-21-19(22)18(26-20(21)25)12-14-6-4-9-17(10-14)24-13-15-7-5-8-16(11-15)23-2/h4-12H,3,13H2,1-2H3. The maximum Gasteiger partial charge on any atom is 0.266 e. The van der Waals surface area contributed by atoms with Gasteiger partial charge in [0.05, 0.1) is 12.0 Å². The summed E-state index contributed by atoms with van der Waals surface area (Å²) in [5.41, 5.74) is 1.93. The van der Waals surface area contributed by atoms with Gasteiger partial charge in [-0.05, 0) is 48.4 Å². The first kappa shape index (κ1) is 18.5. The van der Waals surface area contributed by atoms with Crippen LogP contribution in [0, 0.1) is 0 Å². The number of hydrogen-bond acceptors (Lipinski definition) is 5. The minimum Gasteiger partial charge on any atom is -0.497 e. The Morgan fingerprint density at radius 1 is 1.15 bits per heavy atom. The summed E-state index contributed by atoms with van der Waals surface area (Å²) in [5, 5.41) is 0. The highest BCUT2D eigenvalue weighted by Gasteiger charge is 2.30. The molecule has 0 atom stereocenters. The molecule has 0 unspecified atom stereocenters. The van der Waals surface area contributed by atoms with E-state index in [1.54, 1.807) is 12.0 Å². The van der Waals surface area contributed by atoms with E-state index in [2.05, 4.69) is 0 Å². The molecule has 0 bridgehead atoms. The zero-order valence-electron chi connectivity index (χ0n) is 14.6. The second kappa shape index (κ2) is 8.38. The molecule has 2 aromatic carbocycles. The fourth-order valence-corrected chi connectivity index (χ4v) is 3.93. The third-order valence-corrected chi connectivity index (χ3v) is 5.26. The molecule has 0 saturated carbocycles. The average molecular weight is 386 g/mol. The molecule has 1 heterocycles. The van der Waals surface area contributed by atoms with Gasteiger partial charge in [0, 0.05) is 6.54 Å². The lowest BCUT2D eigenvalue weighted by Gasteiger charge is -2.09. The van der Waals surface area contributed by atoms with Crippen molar-refractivity contribution in [3.8, 4) is 11.5 Å². The van der Waals surface area contributed by atoms with Crippen molar-refractivity contribution in [3.63, 3.8) is 0 Å². The molecule has 0 aliphatic carbocycles. The van der Waals surface area contributed by atoms with Gasteiger partial charge in [-0.1, -0.05) is 48.2 Å². The monoisotopic (exact) mass is 385 g/mol. The van der Waals surface area contributed by atoms with Crippen molar-refractivity contribution in [1.29, 1.82) is 0 Å². The lowest BCUT2D eigenvalue weighted by atomic mass is 10.2. The third-order valence-electron chi connectivity index (χ3n) is 3.89. The van der Waals surface area contributed by atoms with E-state index in [4.69, 9.17) is 21.7 Å². The largest absolute Gasteiger partial charge is 0.497 e. The van der Waals surface area contributed by atoms with E-state index in [1.807, 2.05) is 61.5 Å². The molecule has 26 heavy (non-hydrogen) atoms. The molecule has 6 heteroatoms. The second-order valence-corrected chi connectivity index (χ2v) is 7.31. The van der Waals surface area contributed by atoms with Gasteiger partial charge in [0.1, 0.15) is 22.4 Å². The van der Waals surface area contributed by atoms with Crippen LogP contribution in [0.5, 0.6) is 11.5 Å². The molecule has 2 aromatic rings. The lowest BCUT2D eigenvalue weighted by Crippen LogP contribution is -2.27. The molecule has 1 fully saturated rings. The molecule has 0 spiro atoms. The van der Waals surface area contributed by atoms with E-state index in [0.717, 1.165) is 22.6 Å². The summed E-state index contributed by atoms with van der Waals surface area (Å²) in [7, 11) is 1.64. The average Bonchev–Trinajstić information content (AvgIpc) is 2.93. The Balaban J connectivity index is 1.71. The highest BCUT2D eigenvalue weighted by Crippen LogP contribution is 2.32. The zero-order valence-corrected chi connectivity index (χ0v) is 16.2. The maximum absolute atomic E-state index is 12.3. The summed E-state index contributed by atoms with van der Waals surface area (Å²) in [5.74, 6) is 1.51. The molecule has 0 N–H and O–H groups in total. The van der Waals surface area contributed by atoms with Crippen LogP contribution in [0.25, 0.3) is 6.08 Å². The molecule has 1 aliphatic rings. The summed E-state index contributed by atoms with van der Waals surface area (Å²) < 4.78 is 11.7. The number of nitrogens with zero attached hydrogens (tertiary/aromatic N) is 1. The molecule has 0 aromatic heterocycles. The Labute approximate surface area is 162 Å². The fraction of sp³-hybridized carbons (Fsp3) is 0.200. The Morgan fingerprint density at radius 2 is 1.92 bits per heavy atom. The topological polar surface area (TPSA) is 38.8 Å². The number of carbonyl (C=O) groups is 1. The fourth-order valence-electron chi connectivity index (χ4n) is 2.55. The van der Waals surface area contributed by atoms with E-state index >= 15 is 0 Å². The van der Waals surface area contributed by atoms with Gasteiger partial charge in [0.2, 0.25) is 0 Å². The number of hydrogen-bond donors (Lipinski definition) is 0. The molecule has 1 saturated heterocycles. The maximum atomic E-state index is 12.3. The van der Waals surface area contributed by atoms with E-state index in [0.29, 0.717) is 22.4 Å². The number of thiocarbonyl (C=S) groups is 1. The van der Waals surface area contributed by atoms with Crippen molar-refractivity contribution in [2.45, 2.75) is 13.5 Å². The van der Waals surface area contributed by atoms with Crippen LogP contribution in [-0.2, 0) is 11.4 Å². The Kier molecular flexibility index (Phi) is 5.96. The molecule has 1 aliphatic heterocycles. The Bertz CT molecular complexity index is 864. The van der Waals surface area contributed by atoms with Crippen molar-refractivity contribution in [3.05, 3.63) is 64.6 Å². The van der Waals surface area contributed by atoms with Gasteiger partial charge in [-0.3, -0.25) is 9.69 Å². The Hall–Kier alpha value is -2.31. The molecule has 3 rings (SSSR count). The van der Waals surface area contributed by atoms with Crippen LogP contribution in [0.2, 0.25) is 0 Å². The van der Waals surface area contributed by atoms with Crippen LogP contribution in [-0.4, -0.2) is 28.8 Å². The highest BCUT2D eigenvalue weighted by atomic mass is 32.2. The predicted molar refractivity (Wildman–Crippen MR) is 109 cm³/mol. The lowest BCUT2D eigenvalue weighted by molar-refractivity contribution is -0.121. The van der Waals surface area contributed by atoms with Crippen LogP contribution >= 0.6 is 24.0 Å². The van der Waals surface area contributed by atoms with Crippen molar-refractivity contribution >= 4 is 40.3 Å². The molecule has 0 radical (unpaired) electrons. The first-order valence-electron chi connectivity index (χ1n) is 8.22. The van der Waals surface area contributed by atoms with Gasteiger partial charge < -0.3 is 9.47 Å². The number of amides is 1. The normalized spacial score (nSPS) is 15.6. The summed E-state index contributed by atoms with van der Waals surface area (Å²) in [6.45, 7) is 2.95. The van der Waals surface area contributed by atoms with E-state index < -0.39 is 0 Å². The minimum absolute atomic E-state index is 0.0368. The quantitative estimate of drug-likeness (QED) is 0.541. The van der Waals surface area contributed by atoms with Crippen LogP contribution in [0.1, 0.15) is 18.1 Å². The second-order valence-electron chi connectivity index (χ2n) is 5.64. The summed E-state index contributed by atoms with van der Waals surface area (Å²) >= 11 is 6.58. The summed E-state index contributed by atoms with van der Waals surface area (Å²) in [4.78, 5) is 14.6. The predicted octanol–water partition coefficient (Wildman–Crippen LogP) is 4.50. The first-order valence-corrected chi connectivity index (χ1v) is 9.44. The van der Waals surface area contributed by atoms with Gasteiger partial charge in [-0.15, -0.1) is 0 Å². The zero-order chi connectivity index (χ0) is 18.5. The van der Waals surface area contributed by atoms with E-state index in [9.17, 15) is 4.79 Å².